The van der Waals surface area contributed by atoms with Crippen molar-refractivity contribution in [1.29, 1.82) is 0 Å². The lowest BCUT2D eigenvalue weighted by molar-refractivity contribution is -0.274. The van der Waals surface area contributed by atoms with E-state index in [1.807, 2.05) is 0 Å². The number of alkyl halides is 3. The monoisotopic (exact) mass is 554 g/mol. The number of nitrogens with zero attached hydrogens (tertiary/aromatic N) is 2. The number of aliphatic imine (C=N–C) groups is 1. The zero-order chi connectivity index (χ0) is 21.6. The summed E-state index contributed by atoms with van der Waals surface area (Å²) < 4.78 is 59.2. The van der Waals surface area contributed by atoms with E-state index >= 15 is 0 Å². The Morgan fingerprint density at radius 2 is 1.71 bits per heavy atom. The molecule has 11 heteroatoms. The van der Waals surface area contributed by atoms with E-state index < -0.39 is 6.36 Å². The van der Waals surface area contributed by atoms with Gasteiger partial charge in [-0.3, -0.25) is 9.89 Å². The highest BCUT2D eigenvalue weighted by Crippen LogP contribution is 2.25. The van der Waals surface area contributed by atoms with E-state index in [0.717, 1.165) is 5.56 Å². The van der Waals surface area contributed by atoms with Gasteiger partial charge in [-0.25, -0.2) is 4.39 Å². The van der Waals surface area contributed by atoms with Gasteiger partial charge in [0.2, 0.25) is 0 Å². The van der Waals surface area contributed by atoms with E-state index in [4.69, 9.17) is 10.5 Å². The van der Waals surface area contributed by atoms with Crippen LogP contribution in [0.15, 0.2) is 53.5 Å². The van der Waals surface area contributed by atoms with Crippen molar-refractivity contribution < 1.29 is 27.0 Å². The smallest absolute Gasteiger partial charge is 0.406 e. The van der Waals surface area contributed by atoms with Gasteiger partial charge in [0.05, 0.1) is 25.8 Å². The van der Waals surface area contributed by atoms with Gasteiger partial charge in [-0.1, -0.05) is 12.1 Å². The lowest BCUT2D eigenvalue weighted by Crippen LogP contribution is -2.40. The summed E-state index contributed by atoms with van der Waals surface area (Å²) in [4.78, 5) is 6.56. The predicted molar refractivity (Wildman–Crippen MR) is 120 cm³/mol. The molecule has 31 heavy (non-hydrogen) atoms. The summed E-state index contributed by atoms with van der Waals surface area (Å²) in [6, 6.07) is 11.3. The lowest BCUT2D eigenvalue weighted by atomic mass is 10.0. The van der Waals surface area contributed by atoms with E-state index in [1.54, 1.807) is 12.1 Å². The number of anilines is 1. The fraction of sp³-hybridized carbons (Fsp3) is 0.350. The molecule has 1 saturated heterocycles. The van der Waals surface area contributed by atoms with Crippen LogP contribution in [0.25, 0.3) is 0 Å². The van der Waals surface area contributed by atoms with Gasteiger partial charge in [0.1, 0.15) is 11.6 Å². The second-order valence-electron chi connectivity index (χ2n) is 6.64. The van der Waals surface area contributed by atoms with Crippen molar-refractivity contribution in [2.75, 3.05) is 38.2 Å². The minimum atomic E-state index is -4.75. The number of morpholine rings is 1. The van der Waals surface area contributed by atoms with Crippen LogP contribution in [-0.2, 0) is 4.74 Å². The van der Waals surface area contributed by atoms with Crippen molar-refractivity contribution in [3.63, 3.8) is 0 Å². The maximum atomic E-state index is 13.3. The highest BCUT2D eigenvalue weighted by molar-refractivity contribution is 14.0. The van der Waals surface area contributed by atoms with E-state index in [-0.39, 0.29) is 47.5 Å². The first-order valence-electron chi connectivity index (χ1n) is 9.30. The van der Waals surface area contributed by atoms with Crippen molar-refractivity contribution in [2.45, 2.75) is 12.4 Å². The maximum Gasteiger partial charge on any atom is 0.573 e. The van der Waals surface area contributed by atoms with Crippen LogP contribution in [0, 0.1) is 5.82 Å². The molecule has 0 saturated carbocycles. The Kier molecular flexibility index (Phi) is 9.32. The average Bonchev–Trinajstić information content (AvgIpc) is 2.71. The van der Waals surface area contributed by atoms with Crippen LogP contribution in [0.5, 0.6) is 5.75 Å². The maximum absolute atomic E-state index is 13.3. The summed E-state index contributed by atoms with van der Waals surface area (Å²) in [5, 5.41) is 2.84. The third-order valence-corrected chi connectivity index (χ3v) is 4.54. The molecule has 0 aromatic heterocycles. The largest absolute Gasteiger partial charge is 0.573 e. The Labute approximate surface area is 194 Å². The molecule has 1 unspecified atom stereocenters. The van der Waals surface area contributed by atoms with Gasteiger partial charge >= 0.3 is 6.36 Å². The van der Waals surface area contributed by atoms with Crippen molar-refractivity contribution in [1.82, 2.24) is 4.90 Å². The van der Waals surface area contributed by atoms with Gasteiger partial charge in [0.25, 0.3) is 0 Å². The fourth-order valence-electron chi connectivity index (χ4n) is 3.12. The molecule has 1 aliphatic rings. The molecule has 2 aromatic rings. The van der Waals surface area contributed by atoms with Gasteiger partial charge in [0.15, 0.2) is 5.96 Å². The summed E-state index contributed by atoms with van der Waals surface area (Å²) in [5.74, 6) is -0.533. The normalized spacial score (nSPS) is 16.3. The zero-order valence-electron chi connectivity index (χ0n) is 16.4. The minimum absolute atomic E-state index is 0. The molecule has 0 amide bonds. The first-order valence-corrected chi connectivity index (χ1v) is 9.30. The second-order valence-corrected chi connectivity index (χ2v) is 6.64. The molecule has 1 fully saturated rings. The summed E-state index contributed by atoms with van der Waals surface area (Å²) in [7, 11) is 0. The van der Waals surface area contributed by atoms with E-state index in [0.29, 0.717) is 38.5 Å². The van der Waals surface area contributed by atoms with Crippen LogP contribution in [0.2, 0.25) is 0 Å². The van der Waals surface area contributed by atoms with E-state index in [2.05, 4.69) is 19.9 Å². The summed E-state index contributed by atoms with van der Waals surface area (Å²) in [6.07, 6.45) is -4.75. The number of hydrogen-bond acceptors (Lipinski definition) is 4. The van der Waals surface area contributed by atoms with Crippen LogP contribution in [0.4, 0.5) is 23.2 Å². The van der Waals surface area contributed by atoms with Gasteiger partial charge in [-0.05, 0) is 42.0 Å². The Bertz CT molecular complexity index is 842. The highest BCUT2D eigenvalue weighted by Gasteiger charge is 2.31. The SMILES string of the molecule is I.NC(=NCC(c1ccc(F)cc1)N1CCOCC1)Nc1ccc(OC(F)(F)F)cc1. The number of guanidine groups is 1. The van der Waals surface area contributed by atoms with Gasteiger partial charge in [0, 0.05) is 18.8 Å². The van der Waals surface area contributed by atoms with Crippen molar-refractivity contribution in [3.05, 3.63) is 59.9 Å². The quantitative estimate of drug-likeness (QED) is 0.243. The lowest BCUT2D eigenvalue weighted by Gasteiger charge is -2.34. The second kappa shape index (κ2) is 11.5. The average molecular weight is 554 g/mol. The molecular weight excluding hydrogens is 531 g/mol. The molecule has 0 aliphatic carbocycles. The molecule has 3 rings (SSSR count). The molecule has 1 heterocycles. The molecule has 0 bridgehead atoms. The van der Waals surface area contributed by atoms with Crippen molar-refractivity contribution in [3.8, 4) is 5.75 Å². The number of nitrogens with one attached hydrogen (secondary N) is 1. The molecule has 1 atom stereocenters. The third-order valence-electron chi connectivity index (χ3n) is 4.54. The number of nitrogens with two attached hydrogens (primary N) is 1. The molecule has 3 N–H and O–H groups in total. The number of halogens is 5. The molecule has 0 spiro atoms. The first kappa shape index (κ1) is 25.1. The van der Waals surface area contributed by atoms with Gasteiger partial charge in [-0.2, -0.15) is 0 Å². The number of benzene rings is 2. The van der Waals surface area contributed by atoms with Crippen molar-refractivity contribution >= 4 is 35.6 Å². The Morgan fingerprint density at radius 1 is 1.10 bits per heavy atom. The number of rotatable bonds is 6. The number of hydrogen-bond donors (Lipinski definition) is 2. The molecular formula is C20H23F4IN4O2. The number of ether oxygens (including phenoxy) is 2. The van der Waals surface area contributed by atoms with Crippen LogP contribution in [0.1, 0.15) is 11.6 Å². The standard InChI is InChI=1S/C20H22F4N4O2.HI/c21-15-3-1-14(2-4-15)18(28-9-11-29-12-10-28)13-26-19(25)27-16-5-7-17(8-6-16)30-20(22,23)24;/h1-8,18H,9-13H2,(H3,25,26,27);1H. The van der Waals surface area contributed by atoms with Crippen LogP contribution in [-0.4, -0.2) is 50.1 Å². The van der Waals surface area contributed by atoms with Crippen LogP contribution < -0.4 is 15.8 Å². The van der Waals surface area contributed by atoms with Gasteiger partial charge in [-0.15, -0.1) is 37.1 Å². The first-order chi connectivity index (χ1) is 14.3. The predicted octanol–water partition coefficient (Wildman–Crippen LogP) is 4.14. The minimum Gasteiger partial charge on any atom is -0.406 e. The Morgan fingerprint density at radius 3 is 2.29 bits per heavy atom. The highest BCUT2D eigenvalue weighted by atomic mass is 127. The van der Waals surface area contributed by atoms with E-state index in [9.17, 15) is 17.6 Å². The summed E-state index contributed by atoms with van der Waals surface area (Å²) in [5.41, 5.74) is 7.32. The molecule has 2 aromatic carbocycles. The van der Waals surface area contributed by atoms with Gasteiger partial charge < -0.3 is 20.5 Å². The summed E-state index contributed by atoms with van der Waals surface area (Å²) >= 11 is 0. The zero-order valence-corrected chi connectivity index (χ0v) is 18.8. The molecule has 0 radical (unpaired) electrons. The molecule has 1 aliphatic heterocycles. The van der Waals surface area contributed by atoms with Crippen LogP contribution >= 0.6 is 24.0 Å². The molecule has 170 valence electrons. The Balaban J connectivity index is 0.00000341. The molecule has 6 nitrogen and oxygen atoms in total. The fourth-order valence-corrected chi connectivity index (χ4v) is 3.12. The third kappa shape index (κ3) is 8.15. The summed E-state index contributed by atoms with van der Waals surface area (Å²) in [6.45, 7) is 2.94. The Hall–Kier alpha value is -2.12. The van der Waals surface area contributed by atoms with Crippen molar-refractivity contribution in [2.24, 2.45) is 10.7 Å². The van der Waals surface area contributed by atoms with E-state index in [1.165, 1.54) is 36.4 Å². The van der Waals surface area contributed by atoms with Crippen LogP contribution in [0.3, 0.4) is 0 Å². The topological polar surface area (TPSA) is 72.1 Å².